The molecule has 0 aromatic heterocycles. The molecule has 1 atom stereocenters. The van der Waals surface area contributed by atoms with Crippen LogP contribution in [0.4, 0.5) is 5.69 Å². The maximum absolute atomic E-state index is 12.4. The molecule has 144 valence electrons. The Bertz CT molecular complexity index is 757. The Labute approximate surface area is 159 Å². The molecule has 2 aromatic carbocycles. The summed E-state index contributed by atoms with van der Waals surface area (Å²) in [6.07, 6.45) is 1.07. The third-order valence-corrected chi connectivity index (χ3v) is 3.84. The molecule has 0 heterocycles. The molecule has 2 aromatic rings. The minimum atomic E-state index is -0.710. The van der Waals surface area contributed by atoms with Crippen molar-refractivity contribution in [3.8, 4) is 11.5 Å². The van der Waals surface area contributed by atoms with Gasteiger partial charge >= 0.3 is 5.97 Å². The van der Waals surface area contributed by atoms with E-state index in [0.717, 1.165) is 12.8 Å². The van der Waals surface area contributed by atoms with E-state index in [1.54, 1.807) is 62.6 Å². The van der Waals surface area contributed by atoms with Gasteiger partial charge in [-0.15, -0.1) is 0 Å². The number of carbonyl (C=O) groups is 2. The van der Waals surface area contributed by atoms with Gasteiger partial charge in [0.1, 0.15) is 11.5 Å². The van der Waals surface area contributed by atoms with Crippen LogP contribution in [0.2, 0.25) is 0 Å². The summed E-state index contributed by atoms with van der Waals surface area (Å²) in [5, 5.41) is 2.75. The van der Waals surface area contributed by atoms with Crippen LogP contribution in [0, 0.1) is 0 Å². The Kier molecular flexibility index (Phi) is 7.67. The molecule has 0 saturated carbocycles. The number of ether oxygens (including phenoxy) is 3. The molecule has 0 aliphatic heterocycles. The van der Waals surface area contributed by atoms with Crippen molar-refractivity contribution in [2.75, 3.05) is 19.0 Å². The molecule has 0 radical (unpaired) electrons. The predicted molar refractivity (Wildman–Crippen MR) is 103 cm³/mol. The molecule has 2 rings (SSSR count). The van der Waals surface area contributed by atoms with Gasteiger partial charge in [-0.2, -0.15) is 0 Å². The zero-order chi connectivity index (χ0) is 19.6. The van der Waals surface area contributed by atoms with E-state index >= 15 is 0 Å². The van der Waals surface area contributed by atoms with Crippen LogP contribution in [-0.4, -0.2) is 31.7 Å². The summed E-state index contributed by atoms with van der Waals surface area (Å²) in [7, 11) is 1.58. The average molecular weight is 371 g/mol. The second-order valence-electron chi connectivity index (χ2n) is 6.00. The quantitative estimate of drug-likeness (QED) is 0.531. The van der Waals surface area contributed by atoms with Crippen molar-refractivity contribution in [3.63, 3.8) is 0 Å². The van der Waals surface area contributed by atoms with Crippen molar-refractivity contribution in [2.45, 2.75) is 32.8 Å². The Morgan fingerprint density at radius 1 is 1.07 bits per heavy atom. The van der Waals surface area contributed by atoms with Crippen LogP contribution in [0.25, 0.3) is 0 Å². The molecule has 27 heavy (non-hydrogen) atoms. The summed E-state index contributed by atoms with van der Waals surface area (Å²) >= 11 is 0. The van der Waals surface area contributed by atoms with Gasteiger partial charge in [-0.05, 0) is 55.8 Å². The molecular formula is C21H25NO5. The summed E-state index contributed by atoms with van der Waals surface area (Å²) in [4.78, 5) is 24.4. The van der Waals surface area contributed by atoms with Crippen molar-refractivity contribution in [1.82, 2.24) is 0 Å². The lowest BCUT2D eigenvalue weighted by Gasteiger charge is -2.15. The first-order chi connectivity index (χ1) is 13.0. The Balaban J connectivity index is 1.93. The summed E-state index contributed by atoms with van der Waals surface area (Å²) in [5.74, 6) is 0.554. The number of methoxy groups -OCH3 is 1. The number of esters is 1. The van der Waals surface area contributed by atoms with Crippen LogP contribution >= 0.6 is 0 Å². The van der Waals surface area contributed by atoms with E-state index in [4.69, 9.17) is 14.2 Å². The maximum atomic E-state index is 12.4. The van der Waals surface area contributed by atoms with Crippen LogP contribution in [0.3, 0.4) is 0 Å². The molecule has 6 heteroatoms. The fraction of sp³-hybridized carbons (Fsp3) is 0.333. The Morgan fingerprint density at radius 3 is 2.44 bits per heavy atom. The smallest absolute Gasteiger partial charge is 0.338 e. The summed E-state index contributed by atoms with van der Waals surface area (Å²) in [6.45, 7) is 4.07. The molecule has 0 fully saturated rings. The first kappa shape index (κ1) is 20.3. The normalized spacial score (nSPS) is 11.4. The zero-order valence-electron chi connectivity index (χ0n) is 15.9. The van der Waals surface area contributed by atoms with Gasteiger partial charge in [-0.1, -0.05) is 19.4 Å². The summed E-state index contributed by atoms with van der Waals surface area (Å²) in [5.41, 5.74) is 0.905. The number of benzene rings is 2. The number of hydrogen-bond acceptors (Lipinski definition) is 5. The van der Waals surface area contributed by atoms with Gasteiger partial charge in [0.15, 0.2) is 6.10 Å². The van der Waals surface area contributed by atoms with Crippen LogP contribution in [-0.2, 0) is 9.53 Å². The van der Waals surface area contributed by atoms with E-state index < -0.39 is 12.1 Å². The highest BCUT2D eigenvalue weighted by molar-refractivity contribution is 5.96. The molecule has 0 aliphatic carbocycles. The molecule has 0 bridgehead atoms. The van der Waals surface area contributed by atoms with Gasteiger partial charge < -0.3 is 19.5 Å². The third-order valence-electron chi connectivity index (χ3n) is 3.84. The number of anilines is 1. The van der Waals surface area contributed by atoms with E-state index in [0.29, 0.717) is 29.4 Å². The van der Waals surface area contributed by atoms with E-state index in [1.165, 1.54) is 0 Å². The number of amides is 1. The minimum absolute atomic E-state index is 0.317. The standard InChI is InChI=1S/C21H25NO5/c1-4-5-13-26-21(24)16-7-6-8-17(14-16)22-20(23)15(2)27-19-11-9-18(25-3)10-12-19/h6-12,14-15H,4-5,13H2,1-3H3,(H,22,23)/t15-/m0/s1. The van der Waals surface area contributed by atoms with Gasteiger partial charge in [-0.25, -0.2) is 4.79 Å². The summed E-state index contributed by atoms with van der Waals surface area (Å²) < 4.78 is 15.9. The van der Waals surface area contributed by atoms with Crippen LogP contribution in [0.1, 0.15) is 37.0 Å². The first-order valence-corrected chi connectivity index (χ1v) is 8.92. The lowest BCUT2D eigenvalue weighted by molar-refractivity contribution is -0.122. The van der Waals surface area contributed by atoms with E-state index in [9.17, 15) is 9.59 Å². The van der Waals surface area contributed by atoms with Gasteiger partial charge in [0.25, 0.3) is 5.91 Å². The van der Waals surface area contributed by atoms with Gasteiger partial charge in [0, 0.05) is 5.69 Å². The third kappa shape index (κ3) is 6.33. The number of unbranched alkanes of at least 4 members (excludes halogenated alkanes) is 1. The molecule has 1 amide bonds. The van der Waals surface area contributed by atoms with E-state index in [2.05, 4.69) is 5.32 Å². The average Bonchev–Trinajstić information content (AvgIpc) is 2.68. The molecule has 6 nitrogen and oxygen atoms in total. The topological polar surface area (TPSA) is 73.9 Å². The van der Waals surface area contributed by atoms with Crippen molar-refractivity contribution >= 4 is 17.6 Å². The SMILES string of the molecule is CCCCOC(=O)c1cccc(NC(=O)[C@H](C)Oc2ccc(OC)cc2)c1. The lowest BCUT2D eigenvalue weighted by Crippen LogP contribution is -2.30. The number of rotatable bonds is 9. The largest absolute Gasteiger partial charge is 0.497 e. The fourth-order valence-electron chi connectivity index (χ4n) is 2.27. The molecule has 0 saturated heterocycles. The van der Waals surface area contributed by atoms with Crippen molar-refractivity contribution in [3.05, 3.63) is 54.1 Å². The number of nitrogens with one attached hydrogen (secondary N) is 1. The molecular weight excluding hydrogens is 346 g/mol. The maximum Gasteiger partial charge on any atom is 0.338 e. The molecule has 0 unspecified atom stereocenters. The predicted octanol–water partition coefficient (Wildman–Crippen LogP) is 4.06. The highest BCUT2D eigenvalue weighted by Crippen LogP contribution is 2.19. The Hall–Kier alpha value is -3.02. The van der Waals surface area contributed by atoms with Gasteiger partial charge in [0.2, 0.25) is 0 Å². The highest BCUT2D eigenvalue weighted by Gasteiger charge is 2.16. The molecule has 1 N–H and O–H groups in total. The highest BCUT2D eigenvalue weighted by atomic mass is 16.5. The van der Waals surface area contributed by atoms with E-state index in [1.807, 2.05) is 6.92 Å². The molecule has 0 aliphatic rings. The Morgan fingerprint density at radius 2 is 1.78 bits per heavy atom. The van der Waals surface area contributed by atoms with Crippen LogP contribution in [0.15, 0.2) is 48.5 Å². The van der Waals surface area contributed by atoms with Gasteiger partial charge in [-0.3, -0.25) is 4.79 Å². The molecule has 0 spiro atoms. The van der Waals surface area contributed by atoms with Crippen molar-refractivity contribution < 1.29 is 23.8 Å². The first-order valence-electron chi connectivity index (χ1n) is 8.92. The van der Waals surface area contributed by atoms with Crippen molar-refractivity contribution in [1.29, 1.82) is 0 Å². The fourth-order valence-corrected chi connectivity index (χ4v) is 2.27. The van der Waals surface area contributed by atoms with Crippen LogP contribution < -0.4 is 14.8 Å². The second-order valence-corrected chi connectivity index (χ2v) is 6.00. The summed E-state index contributed by atoms with van der Waals surface area (Å²) in [6, 6.07) is 13.6. The minimum Gasteiger partial charge on any atom is -0.497 e. The van der Waals surface area contributed by atoms with E-state index in [-0.39, 0.29) is 5.91 Å². The van der Waals surface area contributed by atoms with Crippen LogP contribution in [0.5, 0.6) is 11.5 Å². The van der Waals surface area contributed by atoms with Gasteiger partial charge in [0.05, 0.1) is 19.3 Å². The number of carbonyl (C=O) groups excluding carboxylic acids is 2. The second kappa shape index (κ2) is 10.2. The zero-order valence-corrected chi connectivity index (χ0v) is 15.9. The lowest BCUT2D eigenvalue weighted by atomic mass is 10.2. The number of hydrogen-bond donors (Lipinski definition) is 1. The van der Waals surface area contributed by atoms with Crippen molar-refractivity contribution in [2.24, 2.45) is 0 Å². The monoisotopic (exact) mass is 371 g/mol.